The lowest BCUT2D eigenvalue weighted by atomic mass is 9.85. The number of nitrogens with zero attached hydrogens (tertiary/aromatic N) is 1. The standard InChI is InChI=1S/C14H10INO3/c15-7-2-1-3-8(6-7)16-13(17)11-9-4-5-10(19-9)12(11)14(16)18/h1-6,9-12H/t9-,10-,11-,12+/m1/s1. The number of amides is 2. The van der Waals surface area contributed by atoms with Crippen LogP contribution < -0.4 is 4.90 Å². The minimum absolute atomic E-state index is 0.131. The minimum Gasteiger partial charge on any atom is -0.365 e. The summed E-state index contributed by atoms with van der Waals surface area (Å²) in [5.74, 6) is -0.927. The summed E-state index contributed by atoms with van der Waals surface area (Å²) in [6, 6.07) is 7.45. The van der Waals surface area contributed by atoms with Crippen LogP contribution in [-0.4, -0.2) is 24.0 Å². The van der Waals surface area contributed by atoms with Gasteiger partial charge in [0.15, 0.2) is 0 Å². The Morgan fingerprint density at radius 2 is 1.68 bits per heavy atom. The maximum absolute atomic E-state index is 12.5. The van der Waals surface area contributed by atoms with Crippen molar-refractivity contribution in [2.24, 2.45) is 11.8 Å². The Balaban J connectivity index is 1.77. The Bertz CT molecular complexity index is 597. The van der Waals surface area contributed by atoms with E-state index in [1.165, 1.54) is 4.90 Å². The highest BCUT2D eigenvalue weighted by Crippen LogP contribution is 2.46. The van der Waals surface area contributed by atoms with E-state index in [9.17, 15) is 9.59 Å². The lowest BCUT2D eigenvalue weighted by molar-refractivity contribution is -0.124. The van der Waals surface area contributed by atoms with Gasteiger partial charge in [0.25, 0.3) is 0 Å². The van der Waals surface area contributed by atoms with Gasteiger partial charge in [-0.25, -0.2) is 4.90 Å². The molecule has 2 amide bonds. The molecular weight excluding hydrogens is 357 g/mol. The van der Waals surface area contributed by atoms with Gasteiger partial charge in [-0.3, -0.25) is 9.59 Å². The Morgan fingerprint density at radius 1 is 1.05 bits per heavy atom. The number of rotatable bonds is 1. The number of fused-ring (bicyclic) bond motifs is 5. The highest BCUT2D eigenvalue weighted by molar-refractivity contribution is 14.1. The number of imide groups is 1. The first-order chi connectivity index (χ1) is 9.16. The van der Waals surface area contributed by atoms with E-state index in [1.54, 1.807) is 6.07 Å². The smallest absolute Gasteiger partial charge is 0.240 e. The Labute approximate surface area is 123 Å². The second-order valence-electron chi connectivity index (χ2n) is 4.99. The molecule has 19 heavy (non-hydrogen) atoms. The molecule has 0 N–H and O–H groups in total. The summed E-state index contributed by atoms with van der Waals surface area (Å²) in [6.45, 7) is 0. The van der Waals surface area contributed by atoms with E-state index in [2.05, 4.69) is 22.6 Å². The molecule has 5 heteroatoms. The van der Waals surface area contributed by atoms with Crippen LogP contribution in [0.4, 0.5) is 5.69 Å². The van der Waals surface area contributed by atoms with Crippen LogP contribution in [0.5, 0.6) is 0 Å². The maximum Gasteiger partial charge on any atom is 0.240 e. The Kier molecular flexibility index (Phi) is 2.38. The van der Waals surface area contributed by atoms with Crippen LogP contribution in [0.2, 0.25) is 0 Å². The molecule has 2 saturated heterocycles. The highest BCUT2D eigenvalue weighted by Gasteiger charge is 2.60. The predicted molar refractivity (Wildman–Crippen MR) is 76.4 cm³/mol. The predicted octanol–water partition coefficient (Wildman–Crippen LogP) is 1.73. The molecule has 96 valence electrons. The van der Waals surface area contributed by atoms with Crippen LogP contribution in [0.25, 0.3) is 0 Å². The number of hydrogen-bond donors (Lipinski definition) is 0. The Morgan fingerprint density at radius 3 is 2.26 bits per heavy atom. The topological polar surface area (TPSA) is 46.6 Å². The molecule has 0 spiro atoms. The minimum atomic E-state index is -0.333. The number of hydrogen-bond acceptors (Lipinski definition) is 3. The van der Waals surface area contributed by atoms with E-state index < -0.39 is 0 Å². The van der Waals surface area contributed by atoms with Gasteiger partial charge in [-0.05, 0) is 40.8 Å². The number of benzene rings is 1. The quantitative estimate of drug-likeness (QED) is 0.432. The first-order valence-electron chi connectivity index (χ1n) is 6.14. The van der Waals surface area contributed by atoms with Crippen molar-refractivity contribution >= 4 is 40.1 Å². The van der Waals surface area contributed by atoms with Gasteiger partial charge in [0.1, 0.15) is 0 Å². The molecular formula is C14H10INO3. The fraction of sp³-hybridized carbons (Fsp3) is 0.286. The van der Waals surface area contributed by atoms with Crippen molar-refractivity contribution in [3.63, 3.8) is 0 Å². The van der Waals surface area contributed by atoms with Crippen LogP contribution in [0, 0.1) is 15.4 Å². The SMILES string of the molecule is O=C1[C@@H]2[C@H](C(=O)N1c1cccc(I)c1)[C@H]1C=C[C@H]2O1. The summed E-state index contributed by atoms with van der Waals surface area (Å²) < 4.78 is 6.61. The van der Waals surface area contributed by atoms with Gasteiger partial charge in [0, 0.05) is 3.57 Å². The zero-order valence-electron chi connectivity index (χ0n) is 9.82. The third-order valence-corrected chi connectivity index (χ3v) is 4.65. The highest BCUT2D eigenvalue weighted by atomic mass is 127. The van der Waals surface area contributed by atoms with Crippen LogP contribution in [0.3, 0.4) is 0 Å². The number of anilines is 1. The summed E-state index contributed by atoms with van der Waals surface area (Å²) in [5, 5.41) is 0. The Hall–Kier alpha value is -1.21. The second kappa shape index (κ2) is 3.89. The van der Waals surface area contributed by atoms with Crippen LogP contribution in [0.1, 0.15) is 0 Å². The van der Waals surface area contributed by atoms with Gasteiger partial charge in [0.2, 0.25) is 11.8 Å². The fourth-order valence-corrected chi connectivity index (χ4v) is 3.70. The molecule has 4 rings (SSSR count). The molecule has 0 aromatic heterocycles. The molecule has 0 aliphatic carbocycles. The fourth-order valence-electron chi connectivity index (χ4n) is 3.17. The van der Waals surface area contributed by atoms with E-state index in [0.29, 0.717) is 5.69 Å². The molecule has 4 atom stereocenters. The zero-order chi connectivity index (χ0) is 13.1. The first-order valence-corrected chi connectivity index (χ1v) is 7.22. The van der Waals surface area contributed by atoms with E-state index in [4.69, 9.17) is 4.74 Å². The molecule has 4 nitrogen and oxygen atoms in total. The van der Waals surface area contributed by atoms with Gasteiger partial charge in [-0.15, -0.1) is 0 Å². The summed E-state index contributed by atoms with van der Waals surface area (Å²) in [5.41, 5.74) is 0.663. The number of ether oxygens (including phenoxy) is 1. The van der Waals surface area contributed by atoms with Gasteiger partial charge in [-0.1, -0.05) is 18.2 Å². The van der Waals surface area contributed by atoms with Crippen LogP contribution >= 0.6 is 22.6 Å². The summed E-state index contributed by atoms with van der Waals surface area (Å²) in [6.07, 6.45) is 3.35. The van der Waals surface area contributed by atoms with Gasteiger partial charge in [0.05, 0.1) is 29.7 Å². The number of halogens is 1. The summed E-state index contributed by atoms with van der Waals surface area (Å²) >= 11 is 2.17. The molecule has 0 unspecified atom stereocenters. The van der Waals surface area contributed by atoms with Crippen molar-refractivity contribution in [3.05, 3.63) is 40.0 Å². The van der Waals surface area contributed by atoms with Crippen LogP contribution in [0.15, 0.2) is 36.4 Å². The van der Waals surface area contributed by atoms with Crippen LogP contribution in [-0.2, 0) is 14.3 Å². The zero-order valence-corrected chi connectivity index (χ0v) is 12.0. The third kappa shape index (κ3) is 1.48. The van der Waals surface area contributed by atoms with Gasteiger partial charge in [-0.2, -0.15) is 0 Å². The lowest BCUT2D eigenvalue weighted by Gasteiger charge is -2.17. The summed E-state index contributed by atoms with van der Waals surface area (Å²) in [7, 11) is 0. The number of carbonyl (C=O) groups excluding carboxylic acids is 2. The van der Waals surface area contributed by atoms with E-state index >= 15 is 0 Å². The average molecular weight is 367 g/mol. The van der Waals surface area contributed by atoms with Crippen molar-refractivity contribution in [1.29, 1.82) is 0 Å². The van der Waals surface area contributed by atoms with Crippen molar-refractivity contribution in [1.82, 2.24) is 0 Å². The van der Waals surface area contributed by atoms with Gasteiger partial charge < -0.3 is 4.74 Å². The molecule has 3 heterocycles. The van der Waals surface area contributed by atoms with E-state index in [-0.39, 0.29) is 35.9 Å². The molecule has 3 aliphatic heterocycles. The third-order valence-electron chi connectivity index (χ3n) is 3.98. The van der Waals surface area contributed by atoms with Crippen molar-refractivity contribution < 1.29 is 14.3 Å². The monoisotopic (exact) mass is 367 g/mol. The van der Waals surface area contributed by atoms with Gasteiger partial charge >= 0.3 is 0 Å². The molecule has 0 radical (unpaired) electrons. The molecule has 3 aliphatic rings. The van der Waals surface area contributed by atoms with E-state index in [1.807, 2.05) is 30.4 Å². The van der Waals surface area contributed by atoms with E-state index in [0.717, 1.165) is 3.57 Å². The molecule has 1 aromatic carbocycles. The average Bonchev–Trinajstić information content (AvgIpc) is 3.04. The normalized spacial score (nSPS) is 35.3. The lowest BCUT2D eigenvalue weighted by Crippen LogP contribution is -2.34. The molecule has 2 bridgehead atoms. The number of carbonyl (C=O) groups is 2. The first kappa shape index (κ1) is 11.6. The summed E-state index contributed by atoms with van der Waals surface area (Å²) in [4.78, 5) is 26.3. The van der Waals surface area contributed by atoms with Crippen molar-refractivity contribution in [2.75, 3.05) is 4.90 Å². The van der Waals surface area contributed by atoms with Crippen molar-refractivity contribution in [3.8, 4) is 0 Å². The van der Waals surface area contributed by atoms with Crippen molar-refractivity contribution in [2.45, 2.75) is 12.2 Å². The largest absolute Gasteiger partial charge is 0.365 e. The molecule has 0 saturated carbocycles. The maximum atomic E-state index is 12.5. The second-order valence-corrected chi connectivity index (χ2v) is 6.24. The molecule has 2 fully saturated rings. The molecule has 1 aromatic rings.